The SMILES string of the molecule is CC12CCC(=O)N1C(C(=O)NCc1ccc(-n3ccc(C(F)(F)F)n3)cc1)CS2. The van der Waals surface area contributed by atoms with E-state index in [4.69, 9.17) is 0 Å². The molecule has 2 aliphatic heterocycles. The number of fused-ring (bicyclic) bond motifs is 1. The van der Waals surface area contributed by atoms with Crippen LogP contribution in [0, 0.1) is 0 Å². The Balaban J connectivity index is 1.38. The summed E-state index contributed by atoms with van der Waals surface area (Å²) in [7, 11) is 0. The maximum Gasteiger partial charge on any atom is 0.435 e. The van der Waals surface area contributed by atoms with Gasteiger partial charge in [-0.05, 0) is 37.1 Å². The maximum atomic E-state index is 12.7. The van der Waals surface area contributed by atoms with Crippen molar-refractivity contribution in [2.75, 3.05) is 5.75 Å². The summed E-state index contributed by atoms with van der Waals surface area (Å²) < 4.78 is 39.2. The topological polar surface area (TPSA) is 67.2 Å². The number of hydrogen-bond acceptors (Lipinski definition) is 4. The Morgan fingerprint density at radius 1 is 1.31 bits per heavy atom. The molecule has 10 heteroatoms. The number of aromatic nitrogens is 2. The first kappa shape index (κ1) is 19.8. The molecule has 2 unspecified atom stereocenters. The van der Waals surface area contributed by atoms with Gasteiger partial charge in [0.25, 0.3) is 0 Å². The minimum atomic E-state index is -4.49. The van der Waals surface area contributed by atoms with E-state index in [1.165, 1.54) is 6.20 Å². The molecule has 0 saturated carbocycles. The molecule has 2 amide bonds. The molecule has 2 aliphatic rings. The largest absolute Gasteiger partial charge is 0.435 e. The normalized spacial score (nSPS) is 24.1. The highest BCUT2D eigenvalue weighted by Gasteiger charge is 2.52. The summed E-state index contributed by atoms with van der Waals surface area (Å²) in [4.78, 5) is 26.1. The number of carbonyl (C=O) groups excluding carboxylic acids is 2. The summed E-state index contributed by atoms with van der Waals surface area (Å²) in [6.45, 7) is 2.26. The number of hydrogen-bond donors (Lipinski definition) is 1. The molecule has 0 spiro atoms. The molecule has 29 heavy (non-hydrogen) atoms. The first-order valence-corrected chi connectivity index (χ1v) is 10.1. The molecular formula is C19H19F3N4O2S. The van der Waals surface area contributed by atoms with Crippen LogP contribution in [0.2, 0.25) is 0 Å². The van der Waals surface area contributed by atoms with Gasteiger partial charge in [0.2, 0.25) is 11.8 Å². The summed E-state index contributed by atoms with van der Waals surface area (Å²) >= 11 is 1.63. The van der Waals surface area contributed by atoms with Gasteiger partial charge >= 0.3 is 6.18 Å². The molecule has 0 bridgehead atoms. The van der Waals surface area contributed by atoms with Gasteiger partial charge in [-0.25, -0.2) is 4.68 Å². The van der Waals surface area contributed by atoms with Crippen molar-refractivity contribution in [3.8, 4) is 5.69 Å². The van der Waals surface area contributed by atoms with E-state index in [2.05, 4.69) is 10.4 Å². The van der Waals surface area contributed by atoms with E-state index < -0.39 is 17.9 Å². The van der Waals surface area contributed by atoms with E-state index in [9.17, 15) is 22.8 Å². The predicted octanol–water partition coefficient (Wildman–Crippen LogP) is 2.96. The quantitative estimate of drug-likeness (QED) is 0.820. The first-order chi connectivity index (χ1) is 13.7. The summed E-state index contributed by atoms with van der Waals surface area (Å²) in [5.74, 6) is 0.398. The Hall–Kier alpha value is -2.49. The minimum absolute atomic E-state index is 0.0134. The molecule has 2 atom stereocenters. The first-order valence-electron chi connectivity index (χ1n) is 9.13. The molecule has 3 heterocycles. The fourth-order valence-corrected chi connectivity index (χ4v) is 5.14. The highest BCUT2D eigenvalue weighted by atomic mass is 32.2. The Morgan fingerprint density at radius 3 is 2.69 bits per heavy atom. The van der Waals surface area contributed by atoms with Crippen molar-refractivity contribution in [3.63, 3.8) is 0 Å². The number of carbonyl (C=O) groups is 2. The summed E-state index contributed by atoms with van der Waals surface area (Å²) in [5.41, 5.74) is 0.333. The molecule has 6 nitrogen and oxygen atoms in total. The number of halogens is 3. The van der Waals surface area contributed by atoms with E-state index in [1.54, 1.807) is 40.9 Å². The second-order valence-corrected chi connectivity index (χ2v) is 8.79. The van der Waals surface area contributed by atoms with Crippen molar-refractivity contribution < 1.29 is 22.8 Å². The zero-order chi connectivity index (χ0) is 20.8. The van der Waals surface area contributed by atoms with Crippen molar-refractivity contribution in [1.82, 2.24) is 20.0 Å². The van der Waals surface area contributed by atoms with Crippen molar-refractivity contribution in [1.29, 1.82) is 0 Å². The van der Waals surface area contributed by atoms with Gasteiger partial charge in [0.15, 0.2) is 5.69 Å². The molecule has 1 aromatic heterocycles. The number of amides is 2. The lowest BCUT2D eigenvalue weighted by atomic mass is 10.2. The molecule has 2 saturated heterocycles. The van der Waals surface area contributed by atoms with Gasteiger partial charge in [0, 0.05) is 24.9 Å². The van der Waals surface area contributed by atoms with Gasteiger partial charge < -0.3 is 10.2 Å². The second kappa shape index (κ2) is 7.08. The van der Waals surface area contributed by atoms with Gasteiger partial charge in [-0.3, -0.25) is 9.59 Å². The minimum Gasteiger partial charge on any atom is -0.350 e. The molecule has 0 radical (unpaired) electrons. The number of nitrogens with zero attached hydrogens (tertiary/aromatic N) is 3. The van der Waals surface area contributed by atoms with Crippen LogP contribution in [0.15, 0.2) is 36.5 Å². The second-order valence-electron chi connectivity index (χ2n) is 7.29. The summed E-state index contributed by atoms with van der Waals surface area (Å²) in [6, 6.07) is 7.17. The van der Waals surface area contributed by atoms with Crippen LogP contribution in [0.1, 0.15) is 31.0 Å². The molecule has 1 aromatic carbocycles. The van der Waals surface area contributed by atoms with Crippen LogP contribution in [0.25, 0.3) is 5.69 Å². The highest BCUT2D eigenvalue weighted by molar-refractivity contribution is 8.01. The number of alkyl halides is 3. The van der Waals surface area contributed by atoms with Gasteiger partial charge in [0.05, 0.1) is 10.6 Å². The summed E-state index contributed by atoms with van der Waals surface area (Å²) in [5, 5.41) is 6.39. The Bertz CT molecular complexity index is 944. The van der Waals surface area contributed by atoms with Crippen LogP contribution in [0.3, 0.4) is 0 Å². The molecular weight excluding hydrogens is 405 g/mol. The van der Waals surface area contributed by atoms with Gasteiger partial charge in [-0.15, -0.1) is 11.8 Å². The van der Waals surface area contributed by atoms with Gasteiger partial charge in [-0.1, -0.05) is 12.1 Å². The number of nitrogens with one attached hydrogen (secondary N) is 1. The third kappa shape index (κ3) is 3.73. The molecule has 0 aliphatic carbocycles. The van der Waals surface area contributed by atoms with E-state index >= 15 is 0 Å². The van der Waals surface area contributed by atoms with Crippen molar-refractivity contribution >= 4 is 23.6 Å². The maximum absolute atomic E-state index is 12.7. The highest BCUT2D eigenvalue weighted by Crippen LogP contribution is 2.47. The lowest BCUT2D eigenvalue weighted by molar-refractivity contribution is -0.141. The van der Waals surface area contributed by atoms with Crippen LogP contribution in [-0.2, 0) is 22.3 Å². The fraction of sp³-hybridized carbons (Fsp3) is 0.421. The monoisotopic (exact) mass is 424 g/mol. The van der Waals surface area contributed by atoms with Gasteiger partial charge in [0.1, 0.15) is 6.04 Å². The third-order valence-electron chi connectivity index (χ3n) is 5.29. The zero-order valence-electron chi connectivity index (χ0n) is 15.6. The average molecular weight is 424 g/mol. The molecule has 2 fully saturated rings. The van der Waals surface area contributed by atoms with Gasteiger partial charge in [-0.2, -0.15) is 18.3 Å². The Kier molecular flexibility index (Phi) is 4.84. The fourth-order valence-electron chi connectivity index (χ4n) is 3.71. The lowest BCUT2D eigenvalue weighted by Gasteiger charge is -2.29. The molecule has 154 valence electrons. The van der Waals surface area contributed by atoms with Crippen LogP contribution in [-0.4, -0.2) is 43.2 Å². The number of rotatable bonds is 4. The Labute approximate surface area is 169 Å². The standard InChI is InChI=1S/C19H19F3N4O2S/c1-18-8-6-16(27)26(18)14(11-29-18)17(28)23-10-12-2-4-13(5-3-12)25-9-7-15(24-25)19(20,21)22/h2-5,7,9,14H,6,8,10-11H2,1H3,(H,23,28). The van der Waals surface area contributed by atoms with E-state index in [0.717, 1.165) is 22.7 Å². The van der Waals surface area contributed by atoms with Crippen LogP contribution in [0.4, 0.5) is 13.2 Å². The summed E-state index contributed by atoms with van der Waals surface area (Å²) in [6.07, 6.45) is -2.01. The molecule has 4 rings (SSSR count). The molecule has 2 aromatic rings. The smallest absolute Gasteiger partial charge is 0.350 e. The van der Waals surface area contributed by atoms with E-state index in [1.807, 2.05) is 6.92 Å². The molecule has 1 N–H and O–H groups in total. The van der Waals surface area contributed by atoms with Crippen molar-refractivity contribution in [2.45, 2.75) is 43.4 Å². The number of thioether (sulfide) groups is 1. The van der Waals surface area contributed by atoms with Crippen LogP contribution in [0.5, 0.6) is 0 Å². The lowest BCUT2D eigenvalue weighted by Crippen LogP contribution is -2.49. The van der Waals surface area contributed by atoms with Crippen molar-refractivity contribution in [2.24, 2.45) is 0 Å². The zero-order valence-corrected chi connectivity index (χ0v) is 16.4. The predicted molar refractivity (Wildman–Crippen MR) is 101 cm³/mol. The average Bonchev–Trinajstić information content (AvgIpc) is 3.36. The van der Waals surface area contributed by atoms with E-state index in [0.29, 0.717) is 17.9 Å². The number of benzene rings is 1. The van der Waals surface area contributed by atoms with Crippen LogP contribution < -0.4 is 5.32 Å². The Morgan fingerprint density at radius 2 is 2.03 bits per heavy atom. The van der Waals surface area contributed by atoms with Crippen LogP contribution >= 0.6 is 11.8 Å². The van der Waals surface area contributed by atoms with Crippen molar-refractivity contribution in [3.05, 3.63) is 47.8 Å². The third-order valence-corrected chi connectivity index (χ3v) is 6.80. The van der Waals surface area contributed by atoms with E-state index in [-0.39, 0.29) is 23.2 Å².